The molecule has 6 heteroatoms. The second-order valence-corrected chi connectivity index (χ2v) is 6.47. The van der Waals surface area contributed by atoms with Gasteiger partial charge in [0, 0.05) is 32.2 Å². The minimum absolute atomic E-state index is 0.00157. The van der Waals surface area contributed by atoms with Crippen molar-refractivity contribution in [3.63, 3.8) is 0 Å². The van der Waals surface area contributed by atoms with Crippen LogP contribution in [-0.4, -0.2) is 48.6 Å². The lowest BCUT2D eigenvalue weighted by Crippen LogP contribution is -2.50. The number of benzene rings is 2. The summed E-state index contributed by atoms with van der Waals surface area (Å²) in [5.41, 5.74) is 1.34. The Morgan fingerprint density at radius 1 is 1.00 bits per heavy atom. The first kappa shape index (κ1) is 18.3. The summed E-state index contributed by atoms with van der Waals surface area (Å²) in [5.74, 6) is -1.43. The first-order valence-electron chi connectivity index (χ1n) is 8.89. The van der Waals surface area contributed by atoms with E-state index in [1.807, 2.05) is 6.07 Å². The zero-order valence-electron chi connectivity index (χ0n) is 14.6. The maximum atomic E-state index is 13.6. The predicted octanol–water partition coefficient (Wildman–Crippen LogP) is 3.75. The molecule has 4 nitrogen and oxygen atoms in total. The van der Waals surface area contributed by atoms with Crippen molar-refractivity contribution in [3.05, 3.63) is 65.7 Å². The Morgan fingerprint density at radius 2 is 1.73 bits per heavy atom. The van der Waals surface area contributed by atoms with Gasteiger partial charge in [0.1, 0.15) is 11.6 Å². The number of rotatable bonds is 5. The number of nitrogens with zero attached hydrogens (tertiary/aromatic N) is 2. The molecule has 138 valence electrons. The lowest BCUT2D eigenvalue weighted by Gasteiger charge is -2.34. The highest BCUT2D eigenvalue weighted by Gasteiger charge is 2.21. The molecule has 1 saturated heterocycles. The lowest BCUT2D eigenvalue weighted by molar-refractivity contribution is 0.146. The summed E-state index contributed by atoms with van der Waals surface area (Å²) in [7, 11) is 0. The van der Waals surface area contributed by atoms with Crippen molar-refractivity contribution < 1.29 is 13.6 Å². The molecule has 0 unspecified atom stereocenters. The SMILES string of the molecule is O=C(Nc1ccc(F)cc1F)N1CCN(CCCc2ccccc2)CC1. The normalized spacial score (nSPS) is 15.1. The number of nitrogens with one attached hydrogen (secondary N) is 1. The second-order valence-electron chi connectivity index (χ2n) is 6.47. The fourth-order valence-corrected chi connectivity index (χ4v) is 3.11. The van der Waals surface area contributed by atoms with Gasteiger partial charge >= 0.3 is 6.03 Å². The third-order valence-electron chi connectivity index (χ3n) is 4.61. The van der Waals surface area contributed by atoms with Gasteiger partial charge in [-0.15, -0.1) is 0 Å². The Morgan fingerprint density at radius 3 is 2.42 bits per heavy atom. The van der Waals surface area contributed by atoms with Crippen molar-refractivity contribution in [1.29, 1.82) is 0 Å². The Labute approximate surface area is 152 Å². The molecule has 0 spiro atoms. The zero-order valence-corrected chi connectivity index (χ0v) is 14.6. The molecule has 1 aliphatic heterocycles. The summed E-state index contributed by atoms with van der Waals surface area (Å²) in [6, 6.07) is 13.2. The lowest BCUT2D eigenvalue weighted by atomic mass is 10.1. The number of urea groups is 1. The van der Waals surface area contributed by atoms with Crippen LogP contribution in [-0.2, 0) is 6.42 Å². The van der Waals surface area contributed by atoms with Gasteiger partial charge < -0.3 is 10.2 Å². The van der Waals surface area contributed by atoms with Crippen LogP contribution in [0.15, 0.2) is 48.5 Å². The van der Waals surface area contributed by atoms with E-state index in [-0.39, 0.29) is 11.7 Å². The number of amides is 2. The van der Waals surface area contributed by atoms with Gasteiger partial charge in [-0.05, 0) is 37.1 Å². The molecular formula is C20H23F2N3O. The Bertz CT molecular complexity index is 731. The van der Waals surface area contributed by atoms with Crippen molar-refractivity contribution >= 4 is 11.7 Å². The van der Waals surface area contributed by atoms with Gasteiger partial charge in [-0.2, -0.15) is 0 Å². The minimum Gasteiger partial charge on any atom is -0.322 e. The van der Waals surface area contributed by atoms with Gasteiger partial charge in [-0.3, -0.25) is 4.90 Å². The maximum absolute atomic E-state index is 13.6. The number of anilines is 1. The van der Waals surface area contributed by atoms with Crippen LogP contribution in [0, 0.1) is 11.6 Å². The number of aryl methyl sites for hydroxylation is 1. The summed E-state index contributed by atoms with van der Waals surface area (Å²) in [5, 5.41) is 2.51. The Balaban J connectivity index is 1.41. The molecule has 2 amide bonds. The molecule has 0 atom stereocenters. The van der Waals surface area contributed by atoms with Gasteiger partial charge in [-0.1, -0.05) is 30.3 Å². The van der Waals surface area contributed by atoms with Gasteiger partial charge in [0.25, 0.3) is 0 Å². The molecule has 1 N–H and O–H groups in total. The molecule has 0 radical (unpaired) electrons. The minimum atomic E-state index is -0.766. The number of carbonyl (C=O) groups is 1. The van der Waals surface area contributed by atoms with Crippen molar-refractivity contribution in [1.82, 2.24) is 9.80 Å². The molecule has 26 heavy (non-hydrogen) atoms. The summed E-state index contributed by atoms with van der Waals surface area (Å²) in [6.45, 7) is 3.79. The molecule has 1 fully saturated rings. The van der Waals surface area contributed by atoms with Crippen LogP contribution < -0.4 is 5.32 Å². The van der Waals surface area contributed by atoms with Gasteiger partial charge in [-0.25, -0.2) is 13.6 Å². The number of hydrogen-bond acceptors (Lipinski definition) is 2. The average molecular weight is 359 g/mol. The van der Waals surface area contributed by atoms with E-state index in [1.54, 1.807) is 4.90 Å². The van der Waals surface area contributed by atoms with Crippen molar-refractivity contribution in [2.24, 2.45) is 0 Å². The van der Waals surface area contributed by atoms with Crippen LogP contribution in [0.4, 0.5) is 19.3 Å². The molecular weight excluding hydrogens is 336 g/mol. The largest absolute Gasteiger partial charge is 0.322 e. The molecule has 3 rings (SSSR count). The van der Waals surface area contributed by atoms with E-state index in [0.717, 1.165) is 44.6 Å². The first-order valence-corrected chi connectivity index (χ1v) is 8.89. The predicted molar refractivity (Wildman–Crippen MR) is 98.2 cm³/mol. The summed E-state index contributed by atoms with van der Waals surface area (Å²) < 4.78 is 26.6. The van der Waals surface area contributed by atoms with E-state index in [9.17, 15) is 13.6 Å². The van der Waals surface area contributed by atoms with Crippen LogP contribution in [0.2, 0.25) is 0 Å². The van der Waals surface area contributed by atoms with Gasteiger partial charge in [0.2, 0.25) is 0 Å². The molecule has 0 saturated carbocycles. The Kier molecular flexibility index (Phi) is 6.17. The quantitative estimate of drug-likeness (QED) is 0.883. The number of halogens is 2. The molecule has 2 aromatic rings. The third-order valence-corrected chi connectivity index (χ3v) is 4.61. The number of piperazine rings is 1. The fourth-order valence-electron chi connectivity index (χ4n) is 3.11. The standard InChI is InChI=1S/C20H23F2N3O/c21-17-8-9-19(18(22)15-17)23-20(26)25-13-11-24(12-14-25)10-4-7-16-5-2-1-3-6-16/h1-3,5-6,8-9,15H,4,7,10-14H2,(H,23,26). The highest BCUT2D eigenvalue weighted by Crippen LogP contribution is 2.16. The van der Waals surface area contributed by atoms with E-state index in [2.05, 4.69) is 34.5 Å². The molecule has 2 aromatic carbocycles. The molecule has 0 bridgehead atoms. The fraction of sp³-hybridized carbons (Fsp3) is 0.350. The van der Waals surface area contributed by atoms with Crippen LogP contribution in [0.25, 0.3) is 0 Å². The highest BCUT2D eigenvalue weighted by molar-refractivity contribution is 5.89. The van der Waals surface area contributed by atoms with E-state index in [1.165, 1.54) is 11.6 Å². The Hall–Kier alpha value is -2.47. The van der Waals surface area contributed by atoms with Crippen LogP contribution >= 0.6 is 0 Å². The highest BCUT2D eigenvalue weighted by atomic mass is 19.1. The summed E-state index contributed by atoms with van der Waals surface area (Å²) in [4.78, 5) is 16.2. The average Bonchev–Trinajstić information content (AvgIpc) is 2.65. The topological polar surface area (TPSA) is 35.6 Å². The van der Waals surface area contributed by atoms with E-state index in [0.29, 0.717) is 13.1 Å². The number of carbonyl (C=O) groups excluding carboxylic acids is 1. The van der Waals surface area contributed by atoms with E-state index in [4.69, 9.17) is 0 Å². The van der Waals surface area contributed by atoms with Gasteiger partial charge in [0.05, 0.1) is 5.69 Å². The number of hydrogen-bond donors (Lipinski definition) is 1. The van der Waals surface area contributed by atoms with E-state index < -0.39 is 11.6 Å². The molecule has 1 heterocycles. The van der Waals surface area contributed by atoms with Crippen LogP contribution in [0.3, 0.4) is 0 Å². The monoisotopic (exact) mass is 359 g/mol. The second kappa shape index (κ2) is 8.76. The van der Waals surface area contributed by atoms with Crippen molar-refractivity contribution in [3.8, 4) is 0 Å². The van der Waals surface area contributed by atoms with E-state index >= 15 is 0 Å². The zero-order chi connectivity index (χ0) is 18.4. The smallest absolute Gasteiger partial charge is 0.322 e. The van der Waals surface area contributed by atoms with Crippen molar-refractivity contribution in [2.75, 3.05) is 38.0 Å². The molecule has 0 aliphatic carbocycles. The van der Waals surface area contributed by atoms with Gasteiger partial charge in [0.15, 0.2) is 0 Å². The summed E-state index contributed by atoms with van der Waals surface area (Å²) in [6.07, 6.45) is 2.13. The third kappa shape index (κ3) is 5.02. The molecule has 0 aromatic heterocycles. The van der Waals surface area contributed by atoms with Crippen molar-refractivity contribution in [2.45, 2.75) is 12.8 Å². The van der Waals surface area contributed by atoms with Crippen LogP contribution in [0.5, 0.6) is 0 Å². The van der Waals surface area contributed by atoms with Crippen LogP contribution in [0.1, 0.15) is 12.0 Å². The first-order chi connectivity index (χ1) is 12.6. The maximum Gasteiger partial charge on any atom is 0.322 e. The summed E-state index contributed by atoms with van der Waals surface area (Å²) >= 11 is 0. The molecule has 1 aliphatic rings.